The largest absolute Gasteiger partial charge is 0.451 e. The van der Waals surface area contributed by atoms with E-state index in [1.807, 2.05) is 54.6 Å². The normalized spacial score (nSPS) is 11.5. The van der Waals surface area contributed by atoms with Gasteiger partial charge in [-0.05, 0) is 23.6 Å². The first-order valence-corrected chi connectivity index (χ1v) is 10.5. The highest BCUT2D eigenvalue weighted by Gasteiger charge is 2.19. The van der Waals surface area contributed by atoms with Crippen molar-refractivity contribution in [1.29, 1.82) is 0 Å². The number of halogens is 1. The Hall–Kier alpha value is -3.50. The van der Waals surface area contributed by atoms with Gasteiger partial charge < -0.3 is 4.42 Å². The van der Waals surface area contributed by atoms with Gasteiger partial charge in [0.2, 0.25) is 0 Å². The number of aromatic nitrogens is 2. The molecule has 0 aliphatic carbocycles. The first-order valence-electron chi connectivity index (χ1n) is 9.71. The Balaban J connectivity index is 1.76. The molecule has 0 aliphatic rings. The van der Waals surface area contributed by atoms with Crippen LogP contribution in [0.3, 0.4) is 0 Å². The number of fused-ring (bicyclic) bond motifs is 5. The second-order valence-corrected chi connectivity index (χ2v) is 8.13. The van der Waals surface area contributed by atoms with Crippen molar-refractivity contribution < 1.29 is 4.42 Å². The fraction of sp³-hybridized carbons (Fsp3) is 0. The Morgan fingerprint density at radius 3 is 2.30 bits per heavy atom. The zero-order chi connectivity index (χ0) is 20.1. The van der Waals surface area contributed by atoms with E-state index in [0.29, 0.717) is 11.4 Å². The Bertz CT molecular complexity index is 1550. The number of nitrogens with zero attached hydrogens (tertiary/aromatic N) is 2. The Morgan fingerprint density at radius 2 is 1.43 bits per heavy atom. The van der Waals surface area contributed by atoms with Gasteiger partial charge in [-0.1, -0.05) is 88.7 Å². The Morgan fingerprint density at radius 1 is 0.633 bits per heavy atom. The van der Waals surface area contributed by atoms with Crippen molar-refractivity contribution in [2.24, 2.45) is 0 Å². The molecule has 0 aliphatic heterocycles. The lowest BCUT2D eigenvalue weighted by Gasteiger charge is -2.06. The summed E-state index contributed by atoms with van der Waals surface area (Å²) in [5.74, 6) is 0.679. The second kappa shape index (κ2) is 6.78. The molecule has 0 radical (unpaired) electrons. The fourth-order valence-corrected chi connectivity index (χ4v) is 4.32. The van der Waals surface area contributed by atoms with Crippen LogP contribution in [0.15, 0.2) is 99.9 Å². The van der Waals surface area contributed by atoms with Gasteiger partial charge in [0.05, 0.1) is 0 Å². The molecule has 4 heteroatoms. The van der Waals surface area contributed by atoms with Crippen LogP contribution in [0.4, 0.5) is 0 Å². The molecule has 2 heterocycles. The summed E-state index contributed by atoms with van der Waals surface area (Å²) < 4.78 is 7.43. The summed E-state index contributed by atoms with van der Waals surface area (Å²) in [7, 11) is 0. The van der Waals surface area contributed by atoms with Crippen LogP contribution in [-0.2, 0) is 0 Å². The molecule has 0 fully saturated rings. The molecule has 142 valence electrons. The standard InChI is InChI=1S/C26H15BrN2O/c27-19-11-6-10-18(15-19)26-28-22(17-8-2-1-3-9-17)25-23(29-26)21-14-13-16-7-4-5-12-20(16)24(21)30-25/h1-15H. The predicted molar refractivity (Wildman–Crippen MR) is 125 cm³/mol. The highest BCUT2D eigenvalue weighted by atomic mass is 79.9. The van der Waals surface area contributed by atoms with Gasteiger partial charge in [0.1, 0.15) is 16.8 Å². The van der Waals surface area contributed by atoms with Crippen molar-refractivity contribution >= 4 is 48.8 Å². The molecule has 0 atom stereocenters. The lowest BCUT2D eigenvalue weighted by Crippen LogP contribution is -1.93. The van der Waals surface area contributed by atoms with Crippen molar-refractivity contribution in [1.82, 2.24) is 9.97 Å². The van der Waals surface area contributed by atoms with Crippen molar-refractivity contribution in [3.63, 3.8) is 0 Å². The molecule has 4 aromatic carbocycles. The highest BCUT2D eigenvalue weighted by Crippen LogP contribution is 2.38. The van der Waals surface area contributed by atoms with Gasteiger partial charge in [-0.2, -0.15) is 0 Å². The van der Waals surface area contributed by atoms with Crippen molar-refractivity contribution in [3.8, 4) is 22.6 Å². The molecule has 30 heavy (non-hydrogen) atoms. The average Bonchev–Trinajstić information content (AvgIpc) is 3.18. The zero-order valence-electron chi connectivity index (χ0n) is 15.8. The first kappa shape index (κ1) is 17.4. The molecule has 0 saturated heterocycles. The third-order valence-electron chi connectivity index (χ3n) is 5.33. The highest BCUT2D eigenvalue weighted by molar-refractivity contribution is 9.10. The van der Waals surface area contributed by atoms with Crippen LogP contribution in [-0.4, -0.2) is 9.97 Å². The van der Waals surface area contributed by atoms with E-state index in [-0.39, 0.29) is 0 Å². The molecule has 3 nitrogen and oxygen atoms in total. The van der Waals surface area contributed by atoms with Gasteiger partial charge in [-0.3, -0.25) is 0 Å². The van der Waals surface area contributed by atoms with Crippen LogP contribution < -0.4 is 0 Å². The monoisotopic (exact) mass is 450 g/mol. The number of furan rings is 1. The van der Waals surface area contributed by atoms with E-state index in [1.54, 1.807) is 0 Å². The minimum atomic E-state index is 0.679. The molecular weight excluding hydrogens is 436 g/mol. The van der Waals surface area contributed by atoms with E-state index in [1.165, 1.54) is 0 Å². The fourth-order valence-electron chi connectivity index (χ4n) is 3.92. The van der Waals surface area contributed by atoms with Gasteiger partial charge in [0, 0.05) is 26.4 Å². The summed E-state index contributed by atoms with van der Waals surface area (Å²) in [5.41, 5.74) is 5.16. The summed E-state index contributed by atoms with van der Waals surface area (Å²) in [6.45, 7) is 0. The van der Waals surface area contributed by atoms with E-state index < -0.39 is 0 Å². The van der Waals surface area contributed by atoms with E-state index in [0.717, 1.165) is 48.6 Å². The topological polar surface area (TPSA) is 38.9 Å². The van der Waals surface area contributed by atoms with E-state index in [9.17, 15) is 0 Å². The number of benzene rings is 4. The minimum absolute atomic E-state index is 0.679. The molecule has 0 spiro atoms. The summed E-state index contributed by atoms with van der Waals surface area (Å²) in [4.78, 5) is 9.87. The maximum Gasteiger partial charge on any atom is 0.180 e. The van der Waals surface area contributed by atoms with Crippen LogP contribution in [0.1, 0.15) is 0 Å². The van der Waals surface area contributed by atoms with Gasteiger partial charge in [-0.25, -0.2) is 9.97 Å². The molecule has 6 rings (SSSR count). The van der Waals surface area contributed by atoms with Gasteiger partial charge in [0.25, 0.3) is 0 Å². The van der Waals surface area contributed by atoms with Crippen LogP contribution in [0.2, 0.25) is 0 Å². The molecule has 0 amide bonds. The first-order chi connectivity index (χ1) is 14.8. The maximum absolute atomic E-state index is 6.43. The van der Waals surface area contributed by atoms with Crippen LogP contribution >= 0.6 is 15.9 Å². The minimum Gasteiger partial charge on any atom is -0.451 e. The van der Waals surface area contributed by atoms with Crippen molar-refractivity contribution in [3.05, 3.63) is 95.5 Å². The van der Waals surface area contributed by atoms with Crippen molar-refractivity contribution in [2.45, 2.75) is 0 Å². The van der Waals surface area contributed by atoms with Gasteiger partial charge >= 0.3 is 0 Å². The number of hydrogen-bond donors (Lipinski definition) is 0. The molecule has 0 saturated carbocycles. The van der Waals surface area contributed by atoms with Crippen LogP contribution in [0, 0.1) is 0 Å². The second-order valence-electron chi connectivity index (χ2n) is 7.22. The summed E-state index contributed by atoms with van der Waals surface area (Å²) in [6, 6.07) is 30.7. The maximum atomic E-state index is 6.43. The van der Waals surface area contributed by atoms with Crippen LogP contribution in [0.25, 0.3) is 55.5 Å². The third-order valence-corrected chi connectivity index (χ3v) is 5.83. The molecule has 0 unspecified atom stereocenters. The zero-order valence-corrected chi connectivity index (χ0v) is 17.4. The summed E-state index contributed by atoms with van der Waals surface area (Å²) in [5, 5.41) is 3.22. The quantitative estimate of drug-likeness (QED) is 0.272. The van der Waals surface area contributed by atoms with Gasteiger partial charge in [-0.15, -0.1) is 0 Å². The number of rotatable bonds is 2. The van der Waals surface area contributed by atoms with Gasteiger partial charge in [0.15, 0.2) is 11.4 Å². The third kappa shape index (κ3) is 2.72. The molecule has 6 aromatic rings. The lowest BCUT2D eigenvalue weighted by atomic mass is 10.1. The Labute approximate surface area is 181 Å². The summed E-state index contributed by atoms with van der Waals surface area (Å²) in [6.07, 6.45) is 0. The SMILES string of the molecule is Brc1cccc(-c2nc(-c3ccccc3)c3oc4c5ccccc5ccc4c3n2)c1. The average molecular weight is 451 g/mol. The number of hydrogen-bond acceptors (Lipinski definition) is 3. The molecule has 0 N–H and O–H groups in total. The van der Waals surface area contributed by atoms with E-state index in [4.69, 9.17) is 14.4 Å². The Kier molecular flexibility index (Phi) is 3.93. The summed E-state index contributed by atoms with van der Waals surface area (Å²) >= 11 is 3.56. The van der Waals surface area contributed by atoms with Crippen molar-refractivity contribution in [2.75, 3.05) is 0 Å². The molecule has 2 aromatic heterocycles. The smallest absolute Gasteiger partial charge is 0.180 e. The van der Waals surface area contributed by atoms with E-state index >= 15 is 0 Å². The van der Waals surface area contributed by atoms with Crippen LogP contribution in [0.5, 0.6) is 0 Å². The lowest BCUT2D eigenvalue weighted by molar-refractivity contribution is 0.671. The van der Waals surface area contributed by atoms with E-state index in [2.05, 4.69) is 52.3 Å². The predicted octanol–water partition coefficient (Wildman–Crippen LogP) is 7.63. The molecular formula is C26H15BrN2O. The molecule has 0 bridgehead atoms.